The standard InChI is InChI=1S/C32H40N2O4/c1-23(30(35)34-19-11-12-20-34)37-29(25-14-7-6-8-15-25)28(22-33(5)31(36)38-32(2,3)4)27-18-17-24-13-9-10-16-26(24)21-27/h6-10,13-18,21,23,28-29H,11-12,19-20,22H2,1-5H3/t23?,28-,29-/m1/s1. The Balaban J connectivity index is 1.72. The van der Waals surface area contributed by atoms with Crippen LogP contribution in [-0.4, -0.2) is 60.2 Å². The van der Waals surface area contributed by atoms with E-state index < -0.39 is 23.9 Å². The van der Waals surface area contributed by atoms with Crippen molar-refractivity contribution >= 4 is 22.8 Å². The molecule has 4 rings (SSSR count). The van der Waals surface area contributed by atoms with Crippen LogP contribution in [-0.2, 0) is 14.3 Å². The van der Waals surface area contributed by atoms with Gasteiger partial charge in [0.15, 0.2) is 0 Å². The number of benzene rings is 3. The van der Waals surface area contributed by atoms with Gasteiger partial charge in [-0.25, -0.2) is 4.79 Å². The SMILES string of the molecule is CC(O[C@H](c1ccccc1)[C@H](CN(C)C(=O)OC(C)(C)C)c1ccc2ccccc2c1)C(=O)N1CCCC1. The quantitative estimate of drug-likeness (QED) is 0.340. The first-order valence-corrected chi connectivity index (χ1v) is 13.5. The maximum Gasteiger partial charge on any atom is 0.410 e. The Labute approximate surface area is 226 Å². The summed E-state index contributed by atoms with van der Waals surface area (Å²) in [5.74, 6) is -0.227. The zero-order valence-electron chi connectivity index (χ0n) is 23.2. The second-order valence-electron chi connectivity index (χ2n) is 11.2. The number of nitrogens with zero attached hydrogens (tertiary/aromatic N) is 2. The second-order valence-corrected chi connectivity index (χ2v) is 11.2. The summed E-state index contributed by atoms with van der Waals surface area (Å²) in [7, 11) is 1.75. The van der Waals surface area contributed by atoms with Gasteiger partial charge in [0.25, 0.3) is 5.91 Å². The third-order valence-corrected chi connectivity index (χ3v) is 6.99. The molecule has 202 valence electrons. The molecule has 0 bridgehead atoms. The average molecular weight is 517 g/mol. The molecule has 1 fully saturated rings. The zero-order chi connectivity index (χ0) is 27.3. The van der Waals surface area contributed by atoms with Gasteiger partial charge in [-0.1, -0.05) is 72.8 Å². The third kappa shape index (κ3) is 6.93. The molecular weight excluding hydrogens is 476 g/mol. The molecule has 1 heterocycles. The van der Waals surface area contributed by atoms with Crippen LogP contribution in [0.15, 0.2) is 72.8 Å². The maximum absolute atomic E-state index is 13.2. The van der Waals surface area contributed by atoms with Crippen molar-refractivity contribution in [1.29, 1.82) is 0 Å². The van der Waals surface area contributed by atoms with E-state index in [0.717, 1.165) is 47.8 Å². The van der Waals surface area contributed by atoms with Crippen LogP contribution < -0.4 is 0 Å². The van der Waals surface area contributed by atoms with Crippen molar-refractivity contribution in [2.24, 2.45) is 0 Å². The van der Waals surface area contributed by atoms with Gasteiger partial charge in [-0.3, -0.25) is 4.79 Å². The van der Waals surface area contributed by atoms with E-state index in [4.69, 9.17) is 9.47 Å². The van der Waals surface area contributed by atoms with Crippen molar-refractivity contribution in [1.82, 2.24) is 9.80 Å². The fraction of sp³-hybridized carbons (Fsp3) is 0.438. The Morgan fingerprint density at radius 3 is 2.18 bits per heavy atom. The molecule has 1 unspecified atom stereocenters. The Morgan fingerprint density at radius 1 is 0.895 bits per heavy atom. The Morgan fingerprint density at radius 2 is 1.53 bits per heavy atom. The second kappa shape index (κ2) is 12.0. The minimum atomic E-state index is -0.618. The number of amides is 2. The highest BCUT2D eigenvalue weighted by Crippen LogP contribution is 2.37. The molecule has 6 nitrogen and oxygen atoms in total. The molecule has 1 saturated heterocycles. The lowest BCUT2D eigenvalue weighted by Gasteiger charge is -2.34. The maximum atomic E-state index is 13.2. The Bertz CT molecular complexity index is 1230. The largest absolute Gasteiger partial charge is 0.444 e. The molecule has 6 heteroatoms. The molecule has 1 aliphatic heterocycles. The van der Waals surface area contributed by atoms with E-state index in [-0.39, 0.29) is 11.8 Å². The summed E-state index contributed by atoms with van der Waals surface area (Å²) in [5.41, 5.74) is 1.40. The van der Waals surface area contributed by atoms with E-state index in [1.54, 1.807) is 11.9 Å². The molecule has 0 spiro atoms. The smallest absolute Gasteiger partial charge is 0.410 e. The van der Waals surface area contributed by atoms with Crippen LogP contribution in [0, 0.1) is 0 Å². The predicted molar refractivity (Wildman–Crippen MR) is 151 cm³/mol. The summed E-state index contributed by atoms with van der Waals surface area (Å²) < 4.78 is 12.3. The number of hydrogen-bond acceptors (Lipinski definition) is 4. The van der Waals surface area contributed by atoms with Gasteiger partial charge in [0.1, 0.15) is 11.7 Å². The summed E-state index contributed by atoms with van der Waals surface area (Å²) in [6.07, 6.45) is 0.593. The lowest BCUT2D eigenvalue weighted by atomic mass is 9.87. The van der Waals surface area contributed by atoms with E-state index in [0.29, 0.717) is 6.54 Å². The number of likely N-dealkylation sites (tertiary alicyclic amines) is 1. The molecular formula is C32H40N2O4. The van der Waals surface area contributed by atoms with Gasteiger partial charge in [0, 0.05) is 32.6 Å². The molecule has 3 aromatic rings. The zero-order valence-corrected chi connectivity index (χ0v) is 23.2. The van der Waals surface area contributed by atoms with Gasteiger partial charge in [-0.2, -0.15) is 0 Å². The number of hydrogen-bond donors (Lipinski definition) is 0. The van der Waals surface area contributed by atoms with Gasteiger partial charge in [-0.15, -0.1) is 0 Å². The normalized spacial score (nSPS) is 16.2. The van der Waals surface area contributed by atoms with Gasteiger partial charge < -0.3 is 19.3 Å². The predicted octanol–water partition coefficient (Wildman–Crippen LogP) is 6.56. The van der Waals surface area contributed by atoms with E-state index in [1.165, 1.54) is 0 Å². The van der Waals surface area contributed by atoms with Crippen molar-refractivity contribution in [3.05, 3.63) is 83.9 Å². The third-order valence-electron chi connectivity index (χ3n) is 6.99. The van der Waals surface area contributed by atoms with Gasteiger partial charge in [0.2, 0.25) is 0 Å². The highest BCUT2D eigenvalue weighted by atomic mass is 16.6. The van der Waals surface area contributed by atoms with Crippen LogP contribution in [0.25, 0.3) is 10.8 Å². The van der Waals surface area contributed by atoms with Crippen LogP contribution in [0.4, 0.5) is 4.79 Å². The molecule has 1 aliphatic rings. The molecule has 0 saturated carbocycles. The molecule has 0 N–H and O–H groups in total. The van der Waals surface area contributed by atoms with Crippen molar-refractivity contribution in [3.63, 3.8) is 0 Å². The molecule has 3 aromatic carbocycles. The molecule has 38 heavy (non-hydrogen) atoms. The summed E-state index contributed by atoms with van der Waals surface area (Å²) in [5, 5.41) is 2.26. The molecule has 0 aliphatic carbocycles. The van der Waals surface area contributed by atoms with E-state index in [9.17, 15) is 9.59 Å². The topological polar surface area (TPSA) is 59.1 Å². The number of carbonyl (C=O) groups is 2. The van der Waals surface area contributed by atoms with Crippen LogP contribution in [0.5, 0.6) is 0 Å². The fourth-order valence-electron chi connectivity index (χ4n) is 5.04. The summed E-state index contributed by atoms with van der Waals surface area (Å²) in [6, 6.07) is 24.6. The first kappa shape index (κ1) is 27.6. The Kier molecular flexibility index (Phi) is 8.72. The van der Waals surface area contributed by atoms with Gasteiger partial charge in [0.05, 0.1) is 6.10 Å². The number of ether oxygens (including phenoxy) is 2. The lowest BCUT2D eigenvalue weighted by Crippen LogP contribution is -2.40. The van der Waals surface area contributed by atoms with E-state index >= 15 is 0 Å². The monoisotopic (exact) mass is 516 g/mol. The minimum Gasteiger partial charge on any atom is -0.444 e. The first-order chi connectivity index (χ1) is 18.1. The number of rotatable bonds is 8. The van der Waals surface area contributed by atoms with Crippen LogP contribution in [0.3, 0.4) is 0 Å². The van der Waals surface area contributed by atoms with Crippen molar-refractivity contribution in [2.75, 3.05) is 26.7 Å². The Hall–Kier alpha value is -3.38. The minimum absolute atomic E-state index is 0.0150. The molecule has 3 atom stereocenters. The first-order valence-electron chi connectivity index (χ1n) is 13.5. The summed E-state index contributed by atoms with van der Waals surface area (Å²) in [4.78, 5) is 29.8. The van der Waals surface area contributed by atoms with Gasteiger partial charge >= 0.3 is 6.09 Å². The van der Waals surface area contributed by atoms with Crippen LogP contribution in [0.1, 0.15) is 63.7 Å². The van der Waals surface area contributed by atoms with Crippen molar-refractivity contribution in [3.8, 4) is 0 Å². The number of carbonyl (C=O) groups excluding carboxylic acids is 2. The van der Waals surface area contributed by atoms with E-state index in [1.807, 2.05) is 75.1 Å². The highest BCUT2D eigenvalue weighted by molar-refractivity contribution is 5.83. The van der Waals surface area contributed by atoms with E-state index in [2.05, 4.69) is 30.3 Å². The highest BCUT2D eigenvalue weighted by Gasteiger charge is 2.34. The van der Waals surface area contributed by atoms with Crippen molar-refractivity contribution in [2.45, 2.75) is 64.3 Å². The number of likely N-dealkylation sites (N-methyl/N-ethyl adjacent to an activating group) is 1. The van der Waals surface area contributed by atoms with Crippen molar-refractivity contribution < 1.29 is 19.1 Å². The fourth-order valence-corrected chi connectivity index (χ4v) is 5.04. The molecule has 0 aromatic heterocycles. The average Bonchev–Trinajstić information content (AvgIpc) is 3.44. The molecule has 2 amide bonds. The number of fused-ring (bicyclic) bond motifs is 1. The van der Waals surface area contributed by atoms with Gasteiger partial charge in [-0.05, 0) is 62.4 Å². The van der Waals surface area contributed by atoms with Crippen LogP contribution >= 0.6 is 0 Å². The summed E-state index contributed by atoms with van der Waals surface area (Å²) in [6.45, 7) is 9.34. The molecule has 0 radical (unpaired) electrons. The van der Waals surface area contributed by atoms with Crippen LogP contribution in [0.2, 0.25) is 0 Å². The lowest BCUT2D eigenvalue weighted by molar-refractivity contribution is -0.146. The summed E-state index contributed by atoms with van der Waals surface area (Å²) >= 11 is 0.